The predicted octanol–water partition coefficient (Wildman–Crippen LogP) is -2.45. The molecule has 1 aromatic heterocycles. The van der Waals surface area contributed by atoms with Crippen LogP contribution in [0.1, 0.15) is 58.9 Å². The van der Waals surface area contributed by atoms with Gasteiger partial charge in [-0.1, -0.05) is 40.5 Å². The number of primary amides is 1. The summed E-state index contributed by atoms with van der Waals surface area (Å²) in [5.74, 6) is -9.43. The number of amides is 9. The number of carbonyl (C=O) groups is 9. The van der Waals surface area contributed by atoms with Gasteiger partial charge in [0.05, 0.1) is 30.6 Å². The first-order valence-corrected chi connectivity index (χ1v) is 20.9. The van der Waals surface area contributed by atoms with Gasteiger partial charge < -0.3 is 63.0 Å². The van der Waals surface area contributed by atoms with Crippen molar-refractivity contribution >= 4 is 81.9 Å². The van der Waals surface area contributed by atoms with Crippen molar-refractivity contribution in [1.82, 2.24) is 47.1 Å². The summed E-state index contributed by atoms with van der Waals surface area (Å²) >= 11 is 0.962. The number of aliphatic hydroxyl groups excluding tert-OH is 1. The third kappa shape index (κ3) is 11.2. The van der Waals surface area contributed by atoms with Crippen molar-refractivity contribution in [3.05, 3.63) is 29.5 Å². The average Bonchev–Trinajstić information content (AvgIpc) is 3.78. The Morgan fingerprint density at radius 3 is 2.20 bits per heavy atom. The number of rotatable bonds is 6. The lowest BCUT2D eigenvalue weighted by atomic mass is 9.97. The first-order chi connectivity index (χ1) is 28.9. The first-order valence-electron chi connectivity index (χ1n) is 19.9. The van der Waals surface area contributed by atoms with E-state index in [0.29, 0.717) is 23.7 Å². The number of phenols is 1. The van der Waals surface area contributed by atoms with E-state index in [0.717, 1.165) is 16.7 Å². The van der Waals surface area contributed by atoms with E-state index in [1.807, 2.05) is 0 Å². The summed E-state index contributed by atoms with van der Waals surface area (Å²) in [4.78, 5) is 127. The molecule has 0 radical (unpaired) electrons. The van der Waals surface area contributed by atoms with Gasteiger partial charge in [-0.25, -0.2) is 0 Å². The molecule has 21 nitrogen and oxygen atoms in total. The highest BCUT2D eigenvalue weighted by atomic mass is 32.2. The third-order valence-corrected chi connectivity index (χ3v) is 12.1. The molecule has 61 heavy (non-hydrogen) atoms. The number of aromatic nitrogens is 1. The van der Waals surface area contributed by atoms with Gasteiger partial charge in [-0.3, -0.25) is 43.2 Å². The fourth-order valence-electron chi connectivity index (χ4n) is 7.13. The zero-order valence-corrected chi connectivity index (χ0v) is 34.9. The van der Waals surface area contributed by atoms with Gasteiger partial charge >= 0.3 is 0 Å². The normalized spacial score (nSPS) is 27.1. The number of aromatic amines is 1. The van der Waals surface area contributed by atoms with Gasteiger partial charge in [-0.2, -0.15) is 0 Å². The van der Waals surface area contributed by atoms with Crippen LogP contribution >= 0.6 is 11.8 Å². The van der Waals surface area contributed by atoms with E-state index in [1.54, 1.807) is 33.8 Å². The van der Waals surface area contributed by atoms with E-state index in [1.165, 1.54) is 18.2 Å². The Labute approximate surface area is 354 Å². The molecule has 4 heterocycles. The Kier molecular flexibility index (Phi) is 15.0. The quantitative estimate of drug-likeness (QED) is 0.144. The maximum atomic E-state index is 14.3. The van der Waals surface area contributed by atoms with Gasteiger partial charge in [0.15, 0.2) is 0 Å². The first kappa shape index (κ1) is 45.9. The Hall–Kier alpha value is -6.16. The number of aromatic hydroxyl groups is 1. The second-order valence-electron chi connectivity index (χ2n) is 15.4. The molecule has 1 aromatic carbocycles. The van der Waals surface area contributed by atoms with Gasteiger partial charge in [0.2, 0.25) is 47.3 Å². The topological polar surface area (TPSA) is 323 Å². The molecule has 0 saturated carbocycles. The lowest BCUT2D eigenvalue weighted by Crippen LogP contribution is -2.60. The van der Waals surface area contributed by atoms with Crippen LogP contribution in [0.25, 0.3) is 17.0 Å². The van der Waals surface area contributed by atoms with Crippen LogP contribution in [0.5, 0.6) is 5.75 Å². The number of nitrogens with zero attached hydrogens (tertiary/aromatic N) is 1. The Bertz CT molecular complexity index is 2120. The number of hydrogen-bond donors (Lipinski definition) is 11. The van der Waals surface area contributed by atoms with Crippen molar-refractivity contribution in [2.24, 2.45) is 17.6 Å². The molecular weight excluding hydrogens is 817 g/mol. The summed E-state index contributed by atoms with van der Waals surface area (Å²) in [5, 5.41) is 39.6. The number of hydrogen-bond acceptors (Lipinski definition) is 12. The Morgan fingerprint density at radius 2 is 1.52 bits per heavy atom. The molecule has 0 spiro atoms. The van der Waals surface area contributed by atoms with E-state index >= 15 is 0 Å². The van der Waals surface area contributed by atoms with Crippen molar-refractivity contribution < 1.29 is 53.4 Å². The summed E-state index contributed by atoms with van der Waals surface area (Å²) < 4.78 is 0. The van der Waals surface area contributed by atoms with Gasteiger partial charge in [0.25, 0.3) is 5.91 Å². The minimum Gasteiger partial charge on any atom is -0.508 e. The zero-order valence-electron chi connectivity index (χ0n) is 34.1. The number of nitrogens with two attached hydrogens (primary N) is 1. The minimum absolute atomic E-state index is 0.161. The molecule has 1 saturated heterocycles. The number of fused-ring (bicyclic) bond motifs is 4. The highest BCUT2D eigenvalue weighted by Crippen LogP contribution is 2.34. The van der Waals surface area contributed by atoms with E-state index in [9.17, 15) is 53.4 Å². The van der Waals surface area contributed by atoms with Crippen LogP contribution in [0.3, 0.4) is 0 Å². The average molecular weight is 869 g/mol. The largest absolute Gasteiger partial charge is 0.508 e. The maximum absolute atomic E-state index is 14.3. The summed E-state index contributed by atoms with van der Waals surface area (Å²) in [6, 6.07) is -2.73. The minimum atomic E-state index is -1.68. The van der Waals surface area contributed by atoms with Crippen molar-refractivity contribution in [3.8, 4) is 5.75 Å². The highest BCUT2D eigenvalue weighted by molar-refractivity contribution is 7.99. The van der Waals surface area contributed by atoms with Crippen LogP contribution in [0.15, 0.2) is 28.9 Å². The van der Waals surface area contributed by atoms with E-state index in [4.69, 9.17) is 5.73 Å². The molecule has 2 aromatic rings. The zero-order chi connectivity index (χ0) is 44.7. The standard InChI is InChI=1S/C39H52N10O11S/c1-5-17(3)31-36(58)42-13-29(53)43-26-16-61-38-22(21-9-19(50)7-8-23(21)46-38)11-24(33(55)41-14-30(54)47-31)44-37(59)32(18(4)6-2)48-35(57)27-10-20(51)15-49(27)39(60)25(12-28(40)52)45-34(26)56/h7-9,11,17-18,20,25-27,31-32,46,50-51H,5-6,10,12-16H2,1-4H3,(H2,40,52)(H,41,55)(H,42,58)(H,43,53)(H,44,59)(H,45,56)(H,47,54)(H,48,57)/b24-11-/t17-,18-,20+,25-,26-,27-,31-,32-/m0/s1. The van der Waals surface area contributed by atoms with E-state index < -0.39 is 127 Å². The monoisotopic (exact) mass is 868 g/mol. The SMILES string of the molecule is CC[C@H](C)[C@@H]1NC(=O)CNC(=O)/C2=C/c3c([nH]c4ccc(O)cc34)SC[C@H](NC(=O)CNC1=O)C(=O)N[C@@H](CC(N)=O)C(=O)N1C[C@H](O)C[C@H]1C(=O)N[C@@H]([C@@H](C)CC)C(=O)N2. The van der Waals surface area contributed by atoms with Gasteiger partial charge in [0, 0.05) is 35.2 Å². The highest BCUT2D eigenvalue weighted by Gasteiger charge is 2.44. The van der Waals surface area contributed by atoms with Crippen molar-refractivity contribution in [1.29, 1.82) is 0 Å². The predicted molar refractivity (Wildman–Crippen MR) is 219 cm³/mol. The van der Waals surface area contributed by atoms with E-state index in [2.05, 4.69) is 42.2 Å². The summed E-state index contributed by atoms with van der Waals surface area (Å²) in [5.41, 5.74) is 5.77. The van der Waals surface area contributed by atoms with Gasteiger partial charge in [0.1, 0.15) is 41.7 Å². The lowest BCUT2D eigenvalue weighted by Gasteiger charge is -2.31. The van der Waals surface area contributed by atoms with Crippen molar-refractivity contribution in [3.63, 3.8) is 0 Å². The molecule has 0 aliphatic carbocycles. The summed E-state index contributed by atoms with van der Waals surface area (Å²) in [7, 11) is 0. The molecule has 1 fully saturated rings. The number of H-pyrrole nitrogens is 1. The van der Waals surface area contributed by atoms with Gasteiger partial charge in [-0.05, 0) is 36.1 Å². The fraction of sp³-hybridized carbons (Fsp3) is 0.513. The van der Waals surface area contributed by atoms with Crippen molar-refractivity contribution in [2.45, 2.75) is 94.7 Å². The van der Waals surface area contributed by atoms with Gasteiger partial charge in [-0.15, -0.1) is 11.8 Å². The van der Waals surface area contributed by atoms with Crippen LogP contribution in [-0.4, -0.2) is 135 Å². The van der Waals surface area contributed by atoms with Crippen LogP contribution < -0.4 is 43.0 Å². The molecule has 3 aliphatic heterocycles. The molecule has 0 unspecified atom stereocenters. The molecular formula is C39H52N10O11S. The lowest BCUT2D eigenvalue weighted by molar-refractivity contribution is -0.143. The summed E-state index contributed by atoms with van der Waals surface area (Å²) in [6.45, 7) is 5.20. The number of nitrogens with one attached hydrogen (secondary N) is 8. The number of benzene rings is 1. The second kappa shape index (κ2) is 19.9. The number of carbonyl (C=O) groups excluding carboxylic acids is 9. The molecule has 2 bridgehead atoms. The third-order valence-electron chi connectivity index (χ3n) is 10.9. The van der Waals surface area contributed by atoms with Crippen molar-refractivity contribution in [2.75, 3.05) is 25.4 Å². The maximum Gasteiger partial charge on any atom is 0.268 e. The van der Waals surface area contributed by atoms with E-state index in [-0.39, 0.29) is 35.1 Å². The fourth-order valence-corrected chi connectivity index (χ4v) is 8.21. The molecule has 5 rings (SSSR count). The van der Waals surface area contributed by atoms with Crippen LogP contribution in [0, 0.1) is 11.8 Å². The molecule has 330 valence electrons. The smallest absolute Gasteiger partial charge is 0.268 e. The number of thioether (sulfide) groups is 1. The summed E-state index contributed by atoms with van der Waals surface area (Å²) in [6.07, 6.45) is -0.163. The second-order valence-corrected chi connectivity index (χ2v) is 16.4. The number of aliphatic hydroxyl groups is 1. The molecule has 9 amide bonds. The molecule has 12 N–H and O–H groups in total. The van der Waals surface area contributed by atoms with Crippen LogP contribution in [0.4, 0.5) is 0 Å². The Balaban J connectivity index is 1.72. The number of phenolic OH excluding ortho intramolecular Hbond substituents is 1. The van der Waals surface area contributed by atoms with Crippen LogP contribution in [0.2, 0.25) is 0 Å². The van der Waals surface area contributed by atoms with Crippen LogP contribution in [-0.2, 0) is 43.2 Å². The molecule has 8 atom stereocenters. The molecule has 3 aliphatic rings. The molecule has 22 heteroatoms. The Morgan fingerprint density at radius 1 is 0.869 bits per heavy atom.